The Kier molecular flexibility index (Phi) is 14.1. The largest absolute Gasteiger partial charge is 0.612 e. The average Bonchev–Trinajstić information content (AvgIpc) is 3.17. The molecule has 1 aromatic heterocycles. The van der Waals surface area contributed by atoms with Crippen molar-refractivity contribution < 1.29 is 22.1 Å². The molecule has 286 valence electrons. The van der Waals surface area contributed by atoms with Gasteiger partial charge in [-0.15, -0.1) is 0 Å². The second kappa shape index (κ2) is 18.7. The topological polar surface area (TPSA) is 89.0 Å². The Balaban J connectivity index is 1.14. The van der Waals surface area contributed by atoms with E-state index >= 15 is 4.39 Å². The fourth-order valence-electron chi connectivity index (χ4n) is 8.38. The molecule has 3 saturated heterocycles. The third kappa shape index (κ3) is 9.80. The van der Waals surface area contributed by atoms with Crippen LogP contribution >= 0.6 is 0 Å². The fourth-order valence-corrected chi connectivity index (χ4v) is 10.4. The van der Waals surface area contributed by atoms with Crippen molar-refractivity contribution in [2.24, 2.45) is 0 Å². The maximum Gasteiger partial charge on any atom is 0.210 e. The van der Waals surface area contributed by atoms with E-state index in [-0.39, 0.29) is 15.5 Å². The van der Waals surface area contributed by atoms with Gasteiger partial charge in [0, 0.05) is 36.6 Å². The average molecular weight is 755 g/mol. The zero-order valence-electron chi connectivity index (χ0n) is 31.4. The molecule has 6 rings (SSSR count). The molecular weight excluding hydrogens is 696 g/mol. The number of anilines is 1. The molecule has 8 nitrogen and oxygen atoms in total. The summed E-state index contributed by atoms with van der Waals surface area (Å²) in [6, 6.07) is 12.1. The smallest absolute Gasteiger partial charge is 0.210 e. The monoisotopic (exact) mass is 754 g/mol. The summed E-state index contributed by atoms with van der Waals surface area (Å²) < 4.78 is 62.2. The van der Waals surface area contributed by atoms with Crippen LogP contribution in [0.4, 0.5) is 10.2 Å². The van der Waals surface area contributed by atoms with Crippen LogP contribution in [0.5, 0.6) is 5.75 Å². The van der Waals surface area contributed by atoms with Gasteiger partial charge < -0.3 is 24.0 Å². The van der Waals surface area contributed by atoms with Crippen LogP contribution in [0, 0.1) is 5.82 Å². The van der Waals surface area contributed by atoms with E-state index in [1.807, 2.05) is 6.07 Å². The van der Waals surface area contributed by atoms with Crippen LogP contribution in [0.3, 0.4) is 0 Å². The minimum Gasteiger partial charge on any atom is -0.612 e. The van der Waals surface area contributed by atoms with Crippen LogP contribution in [-0.4, -0.2) is 92.0 Å². The first-order chi connectivity index (χ1) is 25.2. The second-order valence-electron chi connectivity index (χ2n) is 15.1. The lowest BCUT2D eigenvalue weighted by Gasteiger charge is -2.45. The molecule has 0 radical (unpaired) electrons. The fraction of sp³-hybridized carbons (Fsp3) is 0.634. The predicted molar refractivity (Wildman–Crippen MR) is 209 cm³/mol. The summed E-state index contributed by atoms with van der Waals surface area (Å²) in [5.74, 6) is -0.226. The third-order valence-electron chi connectivity index (χ3n) is 11.5. The lowest BCUT2D eigenvalue weighted by molar-refractivity contribution is 0.0654. The highest BCUT2D eigenvalue weighted by atomic mass is 32.2. The van der Waals surface area contributed by atoms with Crippen molar-refractivity contribution >= 4 is 37.7 Å². The van der Waals surface area contributed by atoms with Gasteiger partial charge >= 0.3 is 0 Å². The summed E-state index contributed by atoms with van der Waals surface area (Å²) in [7, 11) is -4.17. The summed E-state index contributed by atoms with van der Waals surface area (Å²) in [6.07, 6.45) is 19.2. The molecule has 0 saturated carbocycles. The first-order valence-corrected chi connectivity index (χ1v) is 23.0. The molecule has 0 bridgehead atoms. The van der Waals surface area contributed by atoms with E-state index < -0.39 is 26.8 Å². The van der Waals surface area contributed by atoms with E-state index in [1.165, 1.54) is 89.4 Å². The molecule has 4 heterocycles. The van der Waals surface area contributed by atoms with Crippen LogP contribution in [0.2, 0.25) is 0 Å². The van der Waals surface area contributed by atoms with Crippen molar-refractivity contribution in [2.75, 3.05) is 57.0 Å². The summed E-state index contributed by atoms with van der Waals surface area (Å²) in [6.45, 7) is 8.71. The molecule has 1 atom stereocenters. The molecule has 0 aliphatic carbocycles. The van der Waals surface area contributed by atoms with Gasteiger partial charge in [-0.3, -0.25) is 0 Å². The Bertz CT molecular complexity index is 1700. The molecule has 0 amide bonds. The molecule has 0 N–H and O–H groups in total. The van der Waals surface area contributed by atoms with Gasteiger partial charge in [0.25, 0.3) is 0 Å². The van der Waals surface area contributed by atoms with Crippen LogP contribution in [0.25, 0.3) is 10.9 Å². The van der Waals surface area contributed by atoms with Crippen LogP contribution < -0.4 is 9.64 Å². The first-order valence-electron chi connectivity index (χ1n) is 19.9. The number of pyridine rings is 1. The second-order valence-corrected chi connectivity index (χ2v) is 18.4. The highest BCUT2D eigenvalue weighted by Gasteiger charge is 2.33. The predicted octanol–water partition coefficient (Wildman–Crippen LogP) is 8.38. The molecule has 3 fully saturated rings. The maximum absolute atomic E-state index is 15.4. The van der Waals surface area contributed by atoms with E-state index in [4.69, 9.17) is 9.72 Å². The normalized spacial score (nSPS) is 19.3. The minimum atomic E-state index is -4.17. The number of benzene rings is 2. The Hall–Kier alpha value is -2.44. The number of sulfone groups is 1. The molecule has 1 unspecified atom stereocenters. The molecular formula is C41H59FN4O4S2. The molecule has 0 spiro atoms. The van der Waals surface area contributed by atoms with Gasteiger partial charge in [-0.1, -0.05) is 58.3 Å². The zero-order valence-corrected chi connectivity index (χ0v) is 33.0. The number of halogens is 1. The number of piperidine rings is 3. The summed E-state index contributed by atoms with van der Waals surface area (Å²) in [4.78, 5) is 12.9. The Morgan fingerprint density at radius 3 is 2.10 bits per heavy atom. The minimum absolute atomic E-state index is 0.0480. The van der Waals surface area contributed by atoms with Gasteiger partial charge in [0.2, 0.25) is 9.84 Å². The van der Waals surface area contributed by atoms with E-state index in [2.05, 4.69) is 21.6 Å². The number of nitrogens with zero attached hydrogens (tertiary/aromatic N) is 4. The summed E-state index contributed by atoms with van der Waals surface area (Å²) >= 11 is -1.24. The highest BCUT2D eigenvalue weighted by molar-refractivity contribution is 7.91. The van der Waals surface area contributed by atoms with Gasteiger partial charge in [0.1, 0.15) is 17.0 Å². The molecule has 3 aliphatic heterocycles. The maximum atomic E-state index is 15.4. The van der Waals surface area contributed by atoms with Gasteiger partial charge in [-0.25, -0.2) is 17.8 Å². The van der Waals surface area contributed by atoms with Gasteiger partial charge in [-0.2, -0.15) is 0 Å². The number of likely N-dealkylation sites (tertiary alicyclic amines) is 2. The highest BCUT2D eigenvalue weighted by Crippen LogP contribution is 2.36. The Morgan fingerprint density at radius 1 is 0.808 bits per heavy atom. The zero-order chi connectivity index (χ0) is 36.5. The molecule has 52 heavy (non-hydrogen) atoms. The van der Waals surface area contributed by atoms with Gasteiger partial charge in [0.15, 0.2) is 16.5 Å². The number of hydrogen-bond acceptors (Lipinski definition) is 8. The Labute approximate surface area is 314 Å². The van der Waals surface area contributed by atoms with Crippen LogP contribution in [-0.2, 0) is 21.0 Å². The molecule has 3 aliphatic rings. The molecule has 2 aromatic carbocycles. The molecule has 3 aromatic rings. The van der Waals surface area contributed by atoms with Gasteiger partial charge in [-0.05, 0) is 119 Å². The van der Waals surface area contributed by atoms with Crippen molar-refractivity contribution in [3.8, 4) is 5.75 Å². The van der Waals surface area contributed by atoms with Crippen molar-refractivity contribution in [1.29, 1.82) is 0 Å². The van der Waals surface area contributed by atoms with E-state index in [0.29, 0.717) is 53.4 Å². The lowest BCUT2D eigenvalue weighted by atomic mass is 9.96. The standard InChI is InChI=1S/C41H59FN4O4S2/c1-3-4-5-6-7-8-9-13-28-50-39-17-15-36(31-37(39)42)52(48,49)40-30-32-29-35(51(2)47)14-16-38(32)43-41(40)46-26-20-34(21-27-46)45-24-18-33(19-25-45)44-22-11-10-12-23-44/h14-17,29-31,33-34H,3-13,18-28H2,1-2H3. The van der Waals surface area contributed by atoms with Crippen LogP contribution in [0.1, 0.15) is 103 Å². The van der Waals surface area contributed by atoms with Crippen molar-refractivity contribution in [1.82, 2.24) is 14.8 Å². The van der Waals surface area contributed by atoms with Gasteiger partial charge in [0.05, 0.1) is 17.0 Å². The van der Waals surface area contributed by atoms with Crippen molar-refractivity contribution in [3.63, 3.8) is 0 Å². The van der Waals surface area contributed by atoms with Crippen molar-refractivity contribution in [3.05, 3.63) is 48.3 Å². The first kappa shape index (κ1) is 39.3. The van der Waals surface area contributed by atoms with E-state index in [9.17, 15) is 13.0 Å². The number of ether oxygens (including phenoxy) is 1. The quantitative estimate of drug-likeness (QED) is 0.107. The Morgan fingerprint density at radius 2 is 1.44 bits per heavy atom. The summed E-state index contributed by atoms with van der Waals surface area (Å²) in [5, 5.41) is 0.590. The number of unbranched alkanes of at least 4 members (excludes halogenated alkanes) is 7. The summed E-state index contributed by atoms with van der Waals surface area (Å²) in [5.41, 5.74) is 0.640. The lowest BCUT2D eigenvalue weighted by Crippen LogP contribution is -2.52. The van der Waals surface area contributed by atoms with Crippen LogP contribution in [0.15, 0.2) is 57.2 Å². The third-order valence-corrected chi connectivity index (χ3v) is 14.2. The number of aromatic nitrogens is 1. The van der Waals surface area contributed by atoms with E-state index in [0.717, 1.165) is 51.3 Å². The number of fused-ring (bicyclic) bond motifs is 1. The van der Waals surface area contributed by atoms with Crippen molar-refractivity contribution in [2.45, 2.75) is 130 Å². The number of rotatable bonds is 16. The van der Waals surface area contributed by atoms with E-state index in [1.54, 1.807) is 24.5 Å². The molecule has 11 heteroatoms. The SMILES string of the molecule is CCCCCCCCCCOc1ccc(S(=O)(=O)c2cc3cc([S+](C)[O-])ccc3nc2N2CCC(N3CCC(N4CCCCC4)CC3)CC2)cc1F. The number of hydrogen-bond donors (Lipinski definition) is 0.